The SMILES string of the molecule is CCCNC(=O)c1cc(F)c(NCCC)c(F)c1. The Kier molecular flexibility index (Phi) is 5.55. The average Bonchev–Trinajstić information content (AvgIpc) is 2.34. The lowest BCUT2D eigenvalue weighted by Crippen LogP contribution is -2.24. The van der Waals surface area contributed by atoms with Crippen LogP contribution < -0.4 is 10.6 Å². The van der Waals surface area contributed by atoms with Gasteiger partial charge in [-0.2, -0.15) is 0 Å². The van der Waals surface area contributed by atoms with E-state index in [-0.39, 0.29) is 11.3 Å². The zero-order chi connectivity index (χ0) is 13.5. The van der Waals surface area contributed by atoms with Gasteiger partial charge in [0.1, 0.15) is 17.3 Å². The van der Waals surface area contributed by atoms with Gasteiger partial charge >= 0.3 is 0 Å². The average molecular weight is 256 g/mol. The number of amides is 1. The van der Waals surface area contributed by atoms with Crippen molar-refractivity contribution >= 4 is 11.6 Å². The number of carbonyl (C=O) groups excluding carboxylic acids is 1. The molecule has 0 aromatic heterocycles. The van der Waals surface area contributed by atoms with E-state index >= 15 is 0 Å². The monoisotopic (exact) mass is 256 g/mol. The lowest BCUT2D eigenvalue weighted by atomic mass is 10.1. The van der Waals surface area contributed by atoms with Gasteiger partial charge in [-0.3, -0.25) is 4.79 Å². The van der Waals surface area contributed by atoms with Crippen LogP contribution in [0.25, 0.3) is 0 Å². The van der Waals surface area contributed by atoms with Gasteiger partial charge in [0.25, 0.3) is 5.91 Å². The van der Waals surface area contributed by atoms with Crippen LogP contribution in [-0.2, 0) is 0 Å². The minimum Gasteiger partial charge on any atom is -0.380 e. The van der Waals surface area contributed by atoms with Crippen molar-refractivity contribution in [1.82, 2.24) is 5.32 Å². The van der Waals surface area contributed by atoms with E-state index in [0.29, 0.717) is 13.1 Å². The van der Waals surface area contributed by atoms with Gasteiger partial charge in [-0.1, -0.05) is 13.8 Å². The van der Waals surface area contributed by atoms with E-state index in [1.165, 1.54) is 0 Å². The number of carbonyl (C=O) groups is 1. The fourth-order valence-electron chi connectivity index (χ4n) is 1.46. The Morgan fingerprint density at radius 2 is 1.67 bits per heavy atom. The standard InChI is InChI=1S/C13H18F2N2O/c1-3-5-16-12-10(14)7-9(8-11(12)15)13(18)17-6-4-2/h7-8,16H,3-6H2,1-2H3,(H,17,18). The van der Waals surface area contributed by atoms with Crippen molar-refractivity contribution in [3.05, 3.63) is 29.3 Å². The van der Waals surface area contributed by atoms with E-state index in [1.807, 2.05) is 13.8 Å². The van der Waals surface area contributed by atoms with Gasteiger partial charge in [0.15, 0.2) is 0 Å². The summed E-state index contributed by atoms with van der Waals surface area (Å²) in [5.74, 6) is -1.95. The smallest absolute Gasteiger partial charge is 0.251 e. The first-order valence-corrected chi connectivity index (χ1v) is 6.11. The highest BCUT2D eigenvalue weighted by atomic mass is 19.1. The highest BCUT2D eigenvalue weighted by Crippen LogP contribution is 2.20. The van der Waals surface area contributed by atoms with E-state index in [1.54, 1.807) is 0 Å². The van der Waals surface area contributed by atoms with Crippen molar-refractivity contribution in [1.29, 1.82) is 0 Å². The van der Waals surface area contributed by atoms with Gasteiger partial charge < -0.3 is 10.6 Å². The molecular formula is C13H18F2N2O. The first kappa shape index (κ1) is 14.4. The van der Waals surface area contributed by atoms with Crippen molar-refractivity contribution in [2.24, 2.45) is 0 Å². The summed E-state index contributed by atoms with van der Waals surface area (Å²) in [6.07, 6.45) is 1.53. The number of benzene rings is 1. The van der Waals surface area contributed by atoms with E-state index in [9.17, 15) is 13.6 Å². The number of anilines is 1. The van der Waals surface area contributed by atoms with Crippen LogP contribution in [0.4, 0.5) is 14.5 Å². The highest BCUT2D eigenvalue weighted by Gasteiger charge is 2.14. The van der Waals surface area contributed by atoms with Gasteiger partial charge in [-0.05, 0) is 25.0 Å². The zero-order valence-corrected chi connectivity index (χ0v) is 10.6. The molecule has 100 valence electrons. The van der Waals surface area contributed by atoms with E-state index < -0.39 is 17.5 Å². The molecule has 0 fully saturated rings. The molecule has 0 aliphatic carbocycles. The Morgan fingerprint density at radius 1 is 1.11 bits per heavy atom. The van der Waals surface area contributed by atoms with Crippen LogP contribution >= 0.6 is 0 Å². The number of hydrogen-bond donors (Lipinski definition) is 2. The fourth-order valence-corrected chi connectivity index (χ4v) is 1.46. The second-order valence-corrected chi connectivity index (χ2v) is 4.00. The summed E-state index contributed by atoms with van der Waals surface area (Å²) in [4.78, 5) is 11.6. The van der Waals surface area contributed by atoms with E-state index in [0.717, 1.165) is 25.0 Å². The maximum Gasteiger partial charge on any atom is 0.251 e. The number of rotatable bonds is 6. The Hall–Kier alpha value is -1.65. The Morgan fingerprint density at radius 3 is 2.17 bits per heavy atom. The minimum atomic E-state index is -0.745. The second-order valence-electron chi connectivity index (χ2n) is 4.00. The molecule has 0 saturated carbocycles. The molecule has 2 N–H and O–H groups in total. The molecule has 1 aromatic carbocycles. The summed E-state index contributed by atoms with van der Waals surface area (Å²) < 4.78 is 27.3. The lowest BCUT2D eigenvalue weighted by molar-refractivity contribution is 0.0953. The quantitative estimate of drug-likeness (QED) is 0.821. The summed E-state index contributed by atoms with van der Waals surface area (Å²) in [5, 5.41) is 5.23. The molecule has 0 heterocycles. The highest BCUT2D eigenvalue weighted by molar-refractivity contribution is 5.94. The van der Waals surface area contributed by atoms with Crippen LogP contribution in [0.5, 0.6) is 0 Å². The third-order valence-corrected chi connectivity index (χ3v) is 2.39. The summed E-state index contributed by atoms with van der Waals surface area (Å²) >= 11 is 0. The first-order valence-electron chi connectivity index (χ1n) is 6.11. The summed E-state index contributed by atoms with van der Waals surface area (Å²) in [6, 6.07) is 2.10. The molecule has 5 heteroatoms. The molecule has 1 aromatic rings. The van der Waals surface area contributed by atoms with Gasteiger partial charge in [-0.25, -0.2) is 8.78 Å². The van der Waals surface area contributed by atoms with Crippen molar-refractivity contribution in [2.75, 3.05) is 18.4 Å². The molecule has 1 amide bonds. The molecule has 0 atom stereocenters. The molecule has 1 rings (SSSR count). The first-order chi connectivity index (χ1) is 8.60. The fraction of sp³-hybridized carbons (Fsp3) is 0.462. The number of nitrogens with one attached hydrogen (secondary N) is 2. The minimum absolute atomic E-state index is 0.000462. The third kappa shape index (κ3) is 3.68. The van der Waals surface area contributed by atoms with Crippen LogP contribution in [0.3, 0.4) is 0 Å². The van der Waals surface area contributed by atoms with E-state index in [4.69, 9.17) is 0 Å². The van der Waals surface area contributed by atoms with Crippen LogP contribution in [0.1, 0.15) is 37.0 Å². The van der Waals surface area contributed by atoms with Crippen molar-refractivity contribution in [3.8, 4) is 0 Å². The molecule has 0 unspecified atom stereocenters. The van der Waals surface area contributed by atoms with Gasteiger partial charge in [0.2, 0.25) is 0 Å². The molecular weight excluding hydrogens is 238 g/mol. The summed E-state index contributed by atoms with van der Waals surface area (Å²) in [7, 11) is 0. The lowest BCUT2D eigenvalue weighted by Gasteiger charge is -2.10. The van der Waals surface area contributed by atoms with Gasteiger partial charge in [0.05, 0.1) is 0 Å². The Balaban J connectivity index is 2.88. The molecule has 18 heavy (non-hydrogen) atoms. The zero-order valence-electron chi connectivity index (χ0n) is 10.6. The number of halogens is 2. The Labute approximate surface area is 106 Å². The van der Waals surface area contributed by atoms with Crippen molar-refractivity contribution in [3.63, 3.8) is 0 Å². The topological polar surface area (TPSA) is 41.1 Å². The molecule has 0 aliphatic rings. The predicted molar refractivity (Wildman–Crippen MR) is 67.8 cm³/mol. The molecule has 0 spiro atoms. The Bertz CT molecular complexity index is 398. The molecule has 0 bridgehead atoms. The summed E-state index contributed by atoms with van der Waals surface area (Å²) in [6.45, 7) is 4.77. The van der Waals surface area contributed by atoms with Gasteiger partial charge in [0, 0.05) is 18.7 Å². The molecule has 0 radical (unpaired) electrons. The normalized spacial score (nSPS) is 10.2. The molecule has 3 nitrogen and oxygen atoms in total. The second kappa shape index (κ2) is 6.93. The van der Waals surface area contributed by atoms with Crippen LogP contribution in [0, 0.1) is 11.6 Å². The summed E-state index contributed by atoms with van der Waals surface area (Å²) in [5.41, 5.74) is -0.176. The van der Waals surface area contributed by atoms with Crippen molar-refractivity contribution in [2.45, 2.75) is 26.7 Å². The number of hydrogen-bond acceptors (Lipinski definition) is 2. The largest absolute Gasteiger partial charge is 0.380 e. The van der Waals surface area contributed by atoms with Crippen LogP contribution in [0.2, 0.25) is 0 Å². The van der Waals surface area contributed by atoms with Gasteiger partial charge in [-0.15, -0.1) is 0 Å². The van der Waals surface area contributed by atoms with Crippen LogP contribution in [-0.4, -0.2) is 19.0 Å². The molecule has 0 aliphatic heterocycles. The molecule has 0 saturated heterocycles. The predicted octanol–water partition coefficient (Wildman–Crippen LogP) is 2.93. The van der Waals surface area contributed by atoms with Crippen LogP contribution in [0.15, 0.2) is 12.1 Å². The maximum absolute atomic E-state index is 13.6. The maximum atomic E-state index is 13.6. The van der Waals surface area contributed by atoms with Crippen molar-refractivity contribution < 1.29 is 13.6 Å². The third-order valence-electron chi connectivity index (χ3n) is 2.39. The van der Waals surface area contributed by atoms with E-state index in [2.05, 4.69) is 10.6 Å².